The number of aromatic nitrogens is 4. The first-order chi connectivity index (χ1) is 10.8. The number of carbonyl (C=O) groups excluding carboxylic acids is 1. The molecular formula is C15H11N5O2. The summed E-state index contributed by atoms with van der Waals surface area (Å²) in [4.78, 5) is 20.4. The van der Waals surface area contributed by atoms with Crippen LogP contribution in [0.15, 0.2) is 53.2 Å². The van der Waals surface area contributed by atoms with Gasteiger partial charge in [-0.1, -0.05) is 18.2 Å². The van der Waals surface area contributed by atoms with Gasteiger partial charge in [-0.2, -0.15) is 4.98 Å². The number of para-hydroxylation sites is 1. The maximum Gasteiger partial charge on any atom is 0.287 e. The number of hydrogen-bond donors (Lipinski definition) is 1. The zero-order chi connectivity index (χ0) is 14.9. The predicted molar refractivity (Wildman–Crippen MR) is 78.2 cm³/mol. The van der Waals surface area contributed by atoms with E-state index in [-0.39, 0.29) is 18.2 Å². The van der Waals surface area contributed by atoms with Crippen molar-refractivity contribution in [1.82, 2.24) is 24.9 Å². The molecule has 1 N–H and O–H groups in total. The van der Waals surface area contributed by atoms with E-state index in [0.717, 1.165) is 5.39 Å². The van der Waals surface area contributed by atoms with Gasteiger partial charge in [-0.15, -0.1) is 5.10 Å². The van der Waals surface area contributed by atoms with Crippen molar-refractivity contribution in [2.24, 2.45) is 0 Å². The Bertz CT molecular complexity index is 906. The number of benzene rings is 1. The van der Waals surface area contributed by atoms with Crippen molar-refractivity contribution in [3.63, 3.8) is 0 Å². The van der Waals surface area contributed by atoms with Crippen LogP contribution >= 0.6 is 0 Å². The zero-order valence-electron chi connectivity index (χ0n) is 11.4. The van der Waals surface area contributed by atoms with Crippen LogP contribution in [-0.4, -0.2) is 25.5 Å². The minimum absolute atomic E-state index is 0.208. The van der Waals surface area contributed by atoms with Crippen molar-refractivity contribution in [2.45, 2.75) is 6.54 Å². The van der Waals surface area contributed by atoms with Crippen molar-refractivity contribution >= 4 is 22.7 Å². The summed E-state index contributed by atoms with van der Waals surface area (Å²) in [6.45, 7) is 0.208. The van der Waals surface area contributed by atoms with Gasteiger partial charge in [0.15, 0.2) is 11.6 Å². The lowest BCUT2D eigenvalue weighted by atomic mass is 10.2. The number of amides is 1. The second kappa shape index (κ2) is 4.96. The van der Waals surface area contributed by atoms with Gasteiger partial charge in [-0.3, -0.25) is 4.79 Å². The summed E-state index contributed by atoms with van der Waals surface area (Å²) in [5.41, 5.74) is 0.683. The van der Waals surface area contributed by atoms with E-state index in [4.69, 9.17) is 4.42 Å². The number of nitrogens with one attached hydrogen (secondary N) is 1. The van der Waals surface area contributed by atoms with Crippen molar-refractivity contribution in [3.8, 4) is 0 Å². The Morgan fingerprint density at radius 2 is 2.18 bits per heavy atom. The van der Waals surface area contributed by atoms with Crippen molar-refractivity contribution < 1.29 is 9.21 Å². The summed E-state index contributed by atoms with van der Waals surface area (Å²) in [6, 6.07) is 10.9. The van der Waals surface area contributed by atoms with E-state index in [1.807, 2.05) is 24.3 Å². The molecule has 0 fully saturated rings. The van der Waals surface area contributed by atoms with Gasteiger partial charge in [-0.05, 0) is 18.2 Å². The quantitative estimate of drug-likeness (QED) is 0.622. The Morgan fingerprint density at radius 3 is 3.05 bits per heavy atom. The SMILES string of the molecule is O=C(NCc1nc2ncccn2n1)c1cc2ccccc2o1. The molecule has 3 heterocycles. The molecule has 1 amide bonds. The molecule has 0 unspecified atom stereocenters. The molecule has 0 spiro atoms. The molecular weight excluding hydrogens is 282 g/mol. The van der Waals surface area contributed by atoms with E-state index in [1.54, 1.807) is 29.0 Å². The summed E-state index contributed by atoms with van der Waals surface area (Å²) in [6.07, 6.45) is 3.39. The third-order valence-electron chi connectivity index (χ3n) is 3.22. The summed E-state index contributed by atoms with van der Waals surface area (Å²) < 4.78 is 7.06. The number of rotatable bonds is 3. The third kappa shape index (κ3) is 2.18. The highest BCUT2D eigenvalue weighted by molar-refractivity contribution is 5.95. The fourth-order valence-electron chi connectivity index (χ4n) is 2.19. The predicted octanol–water partition coefficient (Wildman–Crippen LogP) is 1.80. The van der Waals surface area contributed by atoms with Gasteiger partial charge in [0.05, 0.1) is 6.54 Å². The van der Waals surface area contributed by atoms with E-state index >= 15 is 0 Å². The highest BCUT2D eigenvalue weighted by atomic mass is 16.3. The van der Waals surface area contributed by atoms with Crippen molar-refractivity contribution in [1.29, 1.82) is 0 Å². The number of carbonyl (C=O) groups is 1. The number of nitrogens with zero attached hydrogens (tertiary/aromatic N) is 4. The topological polar surface area (TPSA) is 85.3 Å². The standard InChI is InChI=1S/C15H11N5O2/c21-14(12-8-10-4-1-2-5-11(10)22-12)17-9-13-18-15-16-6-3-7-20(15)19-13/h1-8H,9H2,(H,17,21). The van der Waals surface area contributed by atoms with E-state index in [0.29, 0.717) is 17.2 Å². The van der Waals surface area contributed by atoms with E-state index in [2.05, 4.69) is 20.4 Å². The van der Waals surface area contributed by atoms with Gasteiger partial charge in [0.25, 0.3) is 11.7 Å². The van der Waals surface area contributed by atoms with Crippen LogP contribution in [0.4, 0.5) is 0 Å². The molecule has 0 bridgehead atoms. The van der Waals surface area contributed by atoms with Gasteiger partial charge in [0.1, 0.15) is 5.58 Å². The molecule has 1 aromatic carbocycles. The second-order valence-corrected chi connectivity index (χ2v) is 4.72. The normalized spacial score (nSPS) is 11.1. The second-order valence-electron chi connectivity index (χ2n) is 4.72. The molecule has 22 heavy (non-hydrogen) atoms. The van der Waals surface area contributed by atoms with Gasteiger partial charge in [-0.25, -0.2) is 9.50 Å². The number of hydrogen-bond acceptors (Lipinski definition) is 5. The first-order valence-electron chi connectivity index (χ1n) is 6.73. The van der Waals surface area contributed by atoms with Crippen LogP contribution < -0.4 is 5.32 Å². The van der Waals surface area contributed by atoms with Crippen LogP contribution in [0.1, 0.15) is 16.4 Å². The van der Waals surface area contributed by atoms with Crippen LogP contribution in [0.25, 0.3) is 16.7 Å². The molecule has 0 aliphatic heterocycles. The number of furan rings is 1. The van der Waals surface area contributed by atoms with Gasteiger partial charge in [0.2, 0.25) is 0 Å². The molecule has 4 rings (SSSR count). The molecule has 0 radical (unpaired) electrons. The van der Waals surface area contributed by atoms with Crippen molar-refractivity contribution in [2.75, 3.05) is 0 Å². The highest BCUT2D eigenvalue weighted by Gasteiger charge is 2.13. The van der Waals surface area contributed by atoms with Gasteiger partial charge < -0.3 is 9.73 Å². The summed E-state index contributed by atoms with van der Waals surface area (Å²) >= 11 is 0. The van der Waals surface area contributed by atoms with E-state index in [1.165, 1.54) is 0 Å². The van der Waals surface area contributed by atoms with Crippen LogP contribution in [0, 0.1) is 0 Å². The minimum Gasteiger partial charge on any atom is -0.451 e. The van der Waals surface area contributed by atoms with Gasteiger partial charge >= 0.3 is 0 Å². The molecule has 7 nitrogen and oxygen atoms in total. The molecule has 0 atom stereocenters. The maximum absolute atomic E-state index is 12.1. The van der Waals surface area contributed by atoms with Crippen LogP contribution in [0.2, 0.25) is 0 Å². The Balaban J connectivity index is 1.51. The van der Waals surface area contributed by atoms with E-state index in [9.17, 15) is 4.79 Å². The molecule has 108 valence electrons. The smallest absolute Gasteiger partial charge is 0.287 e. The first-order valence-corrected chi connectivity index (χ1v) is 6.73. The molecule has 0 saturated heterocycles. The van der Waals surface area contributed by atoms with Crippen LogP contribution in [0.3, 0.4) is 0 Å². The first kappa shape index (κ1) is 12.5. The Hall–Kier alpha value is -3.22. The van der Waals surface area contributed by atoms with Gasteiger partial charge in [0, 0.05) is 17.8 Å². The lowest BCUT2D eigenvalue weighted by Crippen LogP contribution is -2.22. The fourth-order valence-corrected chi connectivity index (χ4v) is 2.19. The third-order valence-corrected chi connectivity index (χ3v) is 3.22. The average Bonchev–Trinajstić information content (AvgIpc) is 3.15. The lowest BCUT2D eigenvalue weighted by Gasteiger charge is -1.98. The van der Waals surface area contributed by atoms with Crippen LogP contribution in [0.5, 0.6) is 0 Å². The molecule has 4 aromatic rings. The average molecular weight is 293 g/mol. The molecule has 3 aromatic heterocycles. The van der Waals surface area contributed by atoms with Crippen molar-refractivity contribution in [3.05, 3.63) is 60.4 Å². The lowest BCUT2D eigenvalue weighted by molar-refractivity contribution is 0.0924. The highest BCUT2D eigenvalue weighted by Crippen LogP contribution is 2.18. The minimum atomic E-state index is -0.303. The Morgan fingerprint density at radius 1 is 1.27 bits per heavy atom. The molecule has 7 heteroatoms. The molecule has 0 saturated carbocycles. The van der Waals surface area contributed by atoms with E-state index < -0.39 is 0 Å². The summed E-state index contributed by atoms with van der Waals surface area (Å²) in [5, 5.41) is 7.85. The summed E-state index contributed by atoms with van der Waals surface area (Å²) in [7, 11) is 0. The molecule has 0 aliphatic rings. The largest absolute Gasteiger partial charge is 0.451 e. The summed E-state index contributed by atoms with van der Waals surface area (Å²) in [5.74, 6) is 0.949. The molecule has 0 aliphatic carbocycles. The monoisotopic (exact) mass is 293 g/mol. The Kier molecular flexibility index (Phi) is 2.82. The zero-order valence-corrected chi connectivity index (χ0v) is 11.4. The maximum atomic E-state index is 12.1. The van der Waals surface area contributed by atoms with Crippen LogP contribution in [-0.2, 0) is 6.54 Å². The number of fused-ring (bicyclic) bond motifs is 2. The Labute approximate surface area is 124 Å². The fraction of sp³-hybridized carbons (Fsp3) is 0.0667.